The summed E-state index contributed by atoms with van der Waals surface area (Å²) in [6, 6.07) is 12.2. The van der Waals surface area contributed by atoms with E-state index in [0.717, 1.165) is 33.6 Å². The fourth-order valence-electron chi connectivity index (χ4n) is 7.12. The minimum absolute atomic E-state index is 0. The maximum atomic E-state index is 12.3. The van der Waals surface area contributed by atoms with Crippen molar-refractivity contribution in [2.75, 3.05) is 30.3 Å². The van der Waals surface area contributed by atoms with Crippen molar-refractivity contribution in [3.63, 3.8) is 0 Å². The predicted octanol–water partition coefficient (Wildman–Crippen LogP) is 2.18. The van der Waals surface area contributed by atoms with Crippen LogP contribution in [0.2, 0.25) is 0 Å². The fourth-order valence-corrected chi connectivity index (χ4v) is 8.10. The number of fused-ring (bicyclic) bond motifs is 2. The van der Waals surface area contributed by atoms with Crippen molar-refractivity contribution in [3.8, 4) is 11.3 Å². The van der Waals surface area contributed by atoms with Gasteiger partial charge in [-0.15, -0.1) is 5.06 Å². The zero-order valence-electron chi connectivity index (χ0n) is 34.2. The van der Waals surface area contributed by atoms with E-state index in [4.69, 9.17) is 9.25 Å². The predicted molar refractivity (Wildman–Crippen MR) is 211 cm³/mol. The van der Waals surface area contributed by atoms with Crippen molar-refractivity contribution in [1.29, 1.82) is 0 Å². The van der Waals surface area contributed by atoms with Gasteiger partial charge in [0.25, 0.3) is 11.8 Å². The summed E-state index contributed by atoms with van der Waals surface area (Å²) in [4.78, 5) is 42.7. The molecule has 0 N–H and O–H groups in total. The Balaban J connectivity index is 0.00000744. The summed E-state index contributed by atoms with van der Waals surface area (Å²) in [6.45, 7) is 13.5. The number of anilines is 1. The molecule has 58 heavy (non-hydrogen) atoms. The molecule has 1 aliphatic carbocycles. The standard InChI is InChI=1S/C41H51N3O11S2.Na/c1-7-42(22-12-24-56(48,49)50)29-16-18-31-28(25-36(40(2,3)4)54-34(31)26-29)13-11-14-35-41(5,6)32-27-30(57(51,52)53)17-19-33(32)43(35)23-10-8-9-15-39(47)55-44-37(45)20-21-38(44)46;/h11,13-14,16-19,25-27H,7-10,12,15,20-24H2,1-6H3,(H-,48,49,50,51,52,53);/q;+1/p-1. The Hall–Kier alpha value is -3.64. The van der Waals surface area contributed by atoms with Gasteiger partial charge in [-0.25, -0.2) is 26.2 Å². The van der Waals surface area contributed by atoms with Gasteiger partial charge in [-0.3, -0.25) is 9.59 Å². The van der Waals surface area contributed by atoms with Gasteiger partial charge in [0.2, 0.25) is 5.36 Å². The average Bonchev–Trinajstić information content (AvgIpc) is 3.54. The zero-order chi connectivity index (χ0) is 41.9. The van der Waals surface area contributed by atoms with Crippen molar-refractivity contribution in [1.82, 2.24) is 9.64 Å². The Morgan fingerprint density at radius 1 is 0.966 bits per heavy atom. The van der Waals surface area contributed by atoms with E-state index in [2.05, 4.69) is 4.90 Å². The van der Waals surface area contributed by atoms with E-state index >= 15 is 0 Å². The molecule has 0 unspecified atom stereocenters. The summed E-state index contributed by atoms with van der Waals surface area (Å²) in [6.07, 6.45) is 7.83. The van der Waals surface area contributed by atoms with Gasteiger partial charge in [-0.1, -0.05) is 53.2 Å². The SMILES string of the molecule is CC[N+](CCCS(=O)(=O)[O-])=c1ccc2c(/C=C/C=C3/N(CCCCCC(=O)ON4C(=O)CCC4=O)c4ccc(S(=O)(=O)[O-])cc4C3(C)C)cc(C(C)(C)C)oc-2c1.[Na+]. The van der Waals surface area contributed by atoms with Crippen LogP contribution in [0.3, 0.4) is 0 Å². The number of amides is 2. The van der Waals surface area contributed by atoms with Crippen LogP contribution in [-0.2, 0) is 50.3 Å². The molecule has 308 valence electrons. The van der Waals surface area contributed by atoms with E-state index in [1.165, 1.54) is 12.1 Å². The van der Waals surface area contributed by atoms with Crippen LogP contribution in [-0.4, -0.2) is 74.2 Å². The molecule has 3 aliphatic heterocycles. The van der Waals surface area contributed by atoms with Crippen LogP contribution in [0.25, 0.3) is 17.4 Å². The number of unbranched alkanes of at least 4 members (excludes halogenated alkanes) is 2. The van der Waals surface area contributed by atoms with Gasteiger partial charge in [0.05, 0.1) is 21.1 Å². The van der Waals surface area contributed by atoms with Gasteiger partial charge in [0.15, 0.2) is 0 Å². The number of carbonyl (C=O) groups excluding carboxylic acids is 3. The number of nitrogens with zero attached hydrogens (tertiary/aromatic N) is 3. The Kier molecular flexibility index (Phi) is 15.2. The summed E-state index contributed by atoms with van der Waals surface area (Å²) < 4.78 is 78.1. The molecule has 0 bridgehead atoms. The average molecular weight is 848 g/mol. The smallest absolute Gasteiger partial charge is 0.748 e. The molecule has 0 spiro atoms. The van der Waals surface area contributed by atoms with Gasteiger partial charge in [0, 0.05) is 71.8 Å². The molecule has 4 aliphatic rings. The largest absolute Gasteiger partial charge is 1.00 e. The van der Waals surface area contributed by atoms with Gasteiger partial charge in [-0.05, 0) is 67.3 Å². The molecule has 3 heterocycles. The van der Waals surface area contributed by atoms with E-state index in [0.29, 0.717) is 55.3 Å². The number of hydrogen-bond donors (Lipinski definition) is 0. The number of rotatable bonds is 15. The van der Waals surface area contributed by atoms with Crippen LogP contribution in [0.5, 0.6) is 0 Å². The molecule has 1 saturated heterocycles. The van der Waals surface area contributed by atoms with Gasteiger partial charge < -0.3 is 23.3 Å². The first-order chi connectivity index (χ1) is 26.6. The first-order valence-corrected chi connectivity index (χ1v) is 22.0. The third-order valence-corrected chi connectivity index (χ3v) is 11.9. The number of carbonyl (C=O) groups is 3. The summed E-state index contributed by atoms with van der Waals surface area (Å²) in [5.74, 6) is -0.798. The molecule has 5 rings (SSSR count). The van der Waals surface area contributed by atoms with Crippen LogP contribution in [0, 0.1) is 0 Å². The third kappa shape index (κ3) is 11.3. The Labute approximate surface area is 362 Å². The third-order valence-electron chi connectivity index (χ3n) is 10.2. The second-order valence-corrected chi connectivity index (χ2v) is 18.8. The maximum Gasteiger partial charge on any atom is 1.00 e. The molecular weight excluding hydrogens is 798 g/mol. The van der Waals surface area contributed by atoms with Crippen LogP contribution < -0.4 is 44.4 Å². The number of benzene rings is 2. The Bertz CT molecular complexity index is 2360. The number of hydroxylamine groups is 2. The molecule has 0 radical (unpaired) electrons. The molecule has 0 saturated carbocycles. The Morgan fingerprint density at radius 2 is 1.66 bits per heavy atom. The molecule has 2 amide bonds. The molecule has 0 atom stereocenters. The summed E-state index contributed by atoms with van der Waals surface area (Å²) >= 11 is 0. The first-order valence-electron chi connectivity index (χ1n) is 19.0. The summed E-state index contributed by atoms with van der Waals surface area (Å²) in [7, 11) is -9.03. The molecule has 14 nitrogen and oxygen atoms in total. The normalized spacial score (nSPS) is 17.0. The molecule has 17 heteroatoms. The minimum Gasteiger partial charge on any atom is -0.748 e. The first kappa shape index (κ1) is 47.0. The van der Waals surface area contributed by atoms with Crippen LogP contribution >= 0.6 is 0 Å². The summed E-state index contributed by atoms with van der Waals surface area (Å²) in [5, 5.41) is 1.37. The van der Waals surface area contributed by atoms with Gasteiger partial charge in [0.1, 0.15) is 34.7 Å². The van der Waals surface area contributed by atoms with Crippen molar-refractivity contribution >= 4 is 49.8 Å². The minimum atomic E-state index is -4.71. The molecular formula is C41H50N3NaO11S2. The molecule has 1 fully saturated rings. The van der Waals surface area contributed by atoms with E-state index in [1.54, 1.807) is 6.07 Å². The second kappa shape index (κ2) is 18.7. The summed E-state index contributed by atoms with van der Waals surface area (Å²) in [5.41, 5.74) is 2.99. The number of hydrogen-bond acceptors (Lipinski definition) is 12. The number of allylic oxidation sites excluding steroid dienone is 3. The van der Waals surface area contributed by atoms with Crippen molar-refractivity contribution in [2.24, 2.45) is 0 Å². The van der Waals surface area contributed by atoms with Crippen molar-refractivity contribution < 1.29 is 79.1 Å². The van der Waals surface area contributed by atoms with Crippen molar-refractivity contribution in [2.45, 2.75) is 102 Å². The van der Waals surface area contributed by atoms with E-state index in [-0.39, 0.29) is 65.6 Å². The zero-order valence-corrected chi connectivity index (χ0v) is 37.8. The van der Waals surface area contributed by atoms with Crippen molar-refractivity contribution in [3.05, 3.63) is 82.6 Å². The van der Waals surface area contributed by atoms with Crippen LogP contribution in [0.15, 0.2) is 69.6 Å². The van der Waals surface area contributed by atoms with E-state index in [9.17, 15) is 40.3 Å². The van der Waals surface area contributed by atoms with E-state index < -0.39 is 49.2 Å². The topological polar surface area (TPSA) is 197 Å². The molecule has 0 aromatic heterocycles. The monoisotopic (exact) mass is 847 g/mol. The van der Waals surface area contributed by atoms with Crippen LogP contribution in [0.4, 0.5) is 5.69 Å². The quantitative estimate of drug-likeness (QED) is 0.0712. The second-order valence-electron chi connectivity index (χ2n) is 15.9. The maximum absolute atomic E-state index is 12.3. The fraction of sp³-hybridized carbons (Fsp3) is 0.463. The van der Waals surface area contributed by atoms with Crippen LogP contribution in [0.1, 0.15) is 103 Å². The number of imide groups is 1. The molecule has 1 aromatic carbocycles. The van der Waals surface area contributed by atoms with E-state index in [1.807, 2.05) is 88.6 Å². The Morgan fingerprint density at radius 3 is 2.28 bits per heavy atom. The van der Waals surface area contributed by atoms with Gasteiger partial charge >= 0.3 is 35.5 Å². The van der Waals surface area contributed by atoms with Gasteiger partial charge in [-0.2, -0.15) is 0 Å². The molecule has 1 aromatic rings.